The first-order valence-corrected chi connectivity index (χ1v) is 4.62. The molecule has 72 valence electrons. The Kier molecular flexibility index (Phi) is 1.90. The Hall–Kier alpha value is -1.19. The maximum Gasteiger partial charge on any atom is 0.193 e. The molecule has 0 fully saturated rings. The number of H-pyrrole nitrogens is 1. The van der Waals surface area contributed by atoms with Crippen LogP contribution in [0.4, 0.5) is 5.82 Å². The van der Waals surface area contributed by atoms with Crippen LogP contribution >= 0.6 is 0 Å². The van der Waals surface area contributed by atoms with Crippen molar-refractivity contribution in [3.05, 3.63) is 5.69 Å². The minimum Gasteiger partial charge on any atom is -0.486 e. The fourth-order valence-electron chi connectivity index (χ4n) is 1.52. The van der Waals surface area contributed by atoms with E-state index >= 15 is 0 Å². The lowest BCUT2D eigenvalue weighted by atomic mass is 10.1. The van der Waals surface area contributed by atoms with Gasteiger partial charge in [0, 0.05) is 7.05 Å². The van der Waals surface area contributed by atoms with Gasteiger partial charge in [0.25, 0.3) is 0 Å². The maximum absolute atomic E-state index is 5.59. The van der Waals surface area contributed by atoms with Crippen molar-refractivity contribution >= 4 is 5.82 Å². The van der Waals surface area contributed by atoms with E-state index in [9.17, 15) is 0 Å². The predicted molar refractivity (Wildman–Crippen MR) is 51.4 cm³/mol. The summed E-state index contributed by atoms with van der Waals surface area (Å²) in [5.41, 5.74) is 1.10. The summed E-state index contributed by atoms with van der Waals surface area (Å²) in [6.07, 6.45) is 0. The van der Waals surface area contributed by atoms with Gasteiger partial charge in [0.2, 0.25) is 0 Å². The van der Waals surface area contributed by atoms with Gasteiger partial charge in [-0.25, -0.2) is 0 Å². The van der Waals surface area contributed by atoms with Gasteiger partial charge in [0.05, 0.1) is 12.2 Å². The van der Waals surface area contributed by atoms with Gasteiger partial charge in [0.1, 0.15) is 6.61 Å². The van der Waals surface area contributed by atoms with Gasteiger partial charge >= 0.3 is 0 Å². The van der Waals surface area contributed by atoms with Gasteiger partial charge in [-0.2, -0.15) is 5.10 Å². The molecule has 0 aromatic carbocycles. The van der Waals surface area contributed by atoms with Crippen LogP contribution in [0.2, 0.25) is 0 Å². The summed E-state index contributed by atoms with van der Waals surface area (Å²) >= 11 is 0. The molecule has 0 unspecified atom stereocenters. The molecule has 1 aliphatic heterocycles. The van der Waals surface area contributed by atoms with Gasteiger partial charge in [-0.3, -0.25) is 5.10 Å². The maximum atomic E-state index is 5.59. The average Bonchev–Trinajstić information content (AvgIpc) is 2.48. The van der Waals surface area contributed by atoms with Crippen molar-refractivity contribution < 1.29 is 4.74 Å². The molecule has 0 aliphatic carbocycles. The lowest BCUT2D eigenvalue weighted by molar-refractivity contribution is 0.307. The third kappa shape index (κ3) is 1.26. The Bertz CT molecular complexity index is 292. The SMILES string of the molecule is CC(C)c1[nH]nc2c1OCCN2C. The number of hydrogen-bond donors (Lipinski definition) is 1. The van der Waals surface area contributed by atoms with Gasteiger partial charge in [-0.05, 0) is 5.92 Å². The standard InChI is InChI=1S/C9H15N3O/c1-6(2)7-8-9(11-10-7)12(3)4-5-13-8/h6H,4-5H2,1-3H3,(H,10,11). The van der Waals surface area contributed by atoms with Crippen molar-refractivity contribution in [2.45, 2.75) is 19.8 Å². The minimum absolute atomic E-state index is 0.433. The molecule has 2 heterocycles. The highest BCUT2D eigenvalue weighted by molar-refractivity contribution is 5.56. The molecule has 0 spiro atoms. The molecule has 4 nitrogen and oxygen atoms in total. The molecule has 0 saturated heterocycles. The van der Waals surface area contributed by atoms with Crippen LogP contribution in [0.25, 0.3) is 0 Å². The highest BCUT2D eigenvalue weighted by Crippen LogP contribution is 2.35. The Morgan fingerprint density at radius 2 is 2.31 bits per heavy atom. The Balaban J connectivity index is 2.41. The van der Waals surface area contributed by atoms with E-state index in [1.54, 1.807) is 0 Å². The lowest BCUT2D eigenvalue weighted by Crippen LogP contribution is -2.28. The van der Waals surface area contributed by atoms with Crippen molar-refractivity contribution in [2.24, 2.45) is 0 Å². The fraction of sp³-hybridized carbons (Fsp3) is 0.667. The largest absolute Gasteiger partial charge is 0.486 e. The van der Waals surface area contributed by atoms with E-state index in [0.29, 0.717) is 5.92 Å². The first kappa shape index (κ1) is 8.41. The van der Waals surface area contributed by atoms with Crippen molar-refractivity contribution in [3.63, 3.8) is 0 Å². The molecule has 1 aromatic rings. The molecule has 0 atom stereocenters. The number of aromatic amines is 1. The van der Waals surface area contributed by atoms with E-state index in [2.05, 4.69) is 28.9 Å². The third-order valence-corrected chi connectivity index (χ3v) is 2.34. The normalized spacial score (nSPS) is 15.8. The first-order valence-electron chi connectivity index (χ1n) is 4.62. The molecule has 1 aromatic heterocycles. The first-order chi connectivity index (χ1) is 6.20. The van der Waals surface area contributed by atoms with E-state index in [1.807, 2.05) is 7.05 Å². The molecule has 0 amide bonds. The zero-order valence-corrected chi connectivity index (χ0v) is 8.29. The van der Waals surface area contributed by atoms with E-state index < -0.39 is 0 Å². The number of fused-ring (bicyclic) bond motifs is 1. The zero-order valence-electron chi connectivity index (χ0n) is 8.29. The lowest BCUT2D eigenvalue weighted by Gasteiger charge is -2.24. The second kappa shape index (κ2) is 2.94. The number of anilines is 1. The molecule has 4 heteroatoms. The van der Waals surface area contributed by atoms with Crippen LogP contribution in [0.1, 0.15) is 25.5 Å². The smallest absolute Gasteiger partial charge is 0.193 e. The van der Waals surface area contributed by atoms with Gasteiger partial charge < -0.3 is 9.64 Å². The van der Waals surface area contributed by atoms with Crippen molar-refractivity contribution in [1.82, 2.24) is 10.2 Å². The molecule has 0 saturated carbocycles. The second-order valence-electron chi connectivity index (χ2n) is 3.71. The highest BCUT2D eigenvalue weighted by Gasteiger charge is 2.23. The third-order valence-electron chi connectivity index (χ3n) is 2.34. The number of aromatic nitrogens is 2. The molecule has 0 radical (unpaired) electrons. The summed E-state index contributed by atoms with van der Waals surface area (Å²) in [5, 5.41) is 7.26. The quantitative estimate of drug-likeness (QED) is 0.711. The highest BCUT2D eigenvalue weighted by atomic mass is 16.5. The molecule has 2 rings (SSSR count). The summed E-state index contributed by atoms with van der Waals surface area (Å²) in [7, 11) is 2.03. The predicted octanol–water partition coefficient (Wildman–Crippen LogP) is 1.36. The summed E-state index contributed by atoms with van der Waals surface area (Å²) in [4.78, 5) is 2.11. The molecule has 13 heavy (non-hydrogen) atoms. The molecule has 1 aliphatic rings. The number of ether oxygens (including phenoxy) is 1. The molecule has 1 N–H and O–H groups in total. The van der Waals surface area contributed by atoms with Crippen LogP contribution in [0.15, 0.2) is 0 Å². The van der Waals surface area contributed by atoms with Crippen LogP contribution in [-0.2, 0) is 0 Å². The zero-order chi connectivity index (χ0) is 9.42. The number of hydrogen-bond acceptors (Lipinski definition) is 3. The fourth-order valence-corrected chi connectivity index (χ4v) is 1.52. The van der Waals surface area contributed by atoms with Crippen LogP contribution in [0.3, 0.4) is 0 Å². The second-order valence-corrected chi connectivity index (χ2v) is 3.71. The minimum atomic E-state index is 0.433. The van der Waals surface area contributed by atoms with Gasteiger partial charge in [-0.1, -0.05) is 13.8 Å². The summed E-state index contributed by atoms with van der Waals surface area (Å²) < 4.78 is 5.59. The molecular weight excluding hydrogens is 166 g/mol. The Morgan fingerprint density at radius 3 is 3.00 bits per heavy atom. The van der Waals surface area contributed by atoms with Crippen molar-refractivity contribution in [1.29, 1.82) is 0 Å². The number of nitrogens with zero attached hydrogens (tertiary/aromatic N) is 2. The van der Waals surface area contributed by atoms with Crippen LogP contribution in [0.5, 0.6) is 5.75 Å². The average molecular weight is 181 g/mol. The molecular formula is C9H15N3O. The van der Waals surface area contributed by atoms with Gasteiger partial charge in [-0.15, -0.1) is 0 Å². The number of rotatable bonds is 1. The van der Waals surface area contributed by atoms with Crippen molar-refractivity contribution in [3.8, 4) is 5.75 Å². The van der Waals surface area contributed by atoms with E-state index in [0.717, 1.165) is 30.4 Å². The monoisotopic (exact) mass is 181 g/mol. The van der Waals surface area contributed by atoms with E-state index in [1.165, 1.54) is 0 Å². The number of nitrogens with one attached hydrogen (secondary N) is 1. The molecule has 0 bridgehead atoms. The van der Waals surface area contributed by atoms with Crippen LogP contribution < -0.4 is 9.64 Å². The topological polar surface area (TPSA) is 41.1 Å². The van der Waals surface area contributed by atoms with Crippen LogP contribution in [-0.4, -0.2) is 30.4 Å². The Morgan fingerprint density at radius 1 is 1.54 bits per heavy atom. The summed E-state index contributed by atoms with van der Waals surface area (Å²) in [5.74, 6) is 2.31. The van der Waals surface area contributed by atoms with Crippen LogP contribution in [0, 0.1) is 0 Å². The van der Waals surface area contributed by atoms with E-state index in [4.69, 9.17) is 4.74 Å². The summed E-state index contributed by atoms with van der Waals surface area (Å²) in [6, 6.07) is 0. The van der Waals surface area contributed by atoms with E-state index in [-0.39, 0.29) is 0 Å². The Labute approximate surface area is 77.9 Å². The number of likely N-dealkylation sites (N-methyl/N-ethyl adjacent to an activating group) is 1. The summed E-state index contributed by atoms with van der Waals surface area (Å²) in [6.45, 7) is 5.93. The van der Waals surface area contributed by atoms with Crippen molar-refractivity contribution in [2.75, 3.05) is 25.1 Å². The van der Waals surface area contributed by atoms with Gasteiger partial charge in [0.15, 0.2) is 11.6 Å².